The van der Waals surface area contributed by atoms with Crippen molar-refractivity contribution in [1.29, 1.82) is 0 Å². The van der Waals surface area contributed by atoms with Crippen LogP contribution in [0.5, 0.6) is 0 Å². The summed E-state index contributed by atoms with van der Waals surface area (Å²) < 4.78 is 28.2. The van der Waals surface area contributed by atoms with Gasteiger partial charge in [-0.1, -0.05) is 61.6 Å². The van der Waals surface area contributed by atoms with Crippen molar-refractivity contribution in [2.24, 2.45) is 17.3 Å². The Morgan fingerprint density at radius 1 is 1.30 bits per heavy atom. The molecule has 3 unspecified atom stereocenters. The van der Waals surface area contributed by atoms with Crippen LogP contribution < -0.4 is 0 Å². The summed E-state index contributed by atoms with van der Waals surface area (Å²) in [6.45, 7) is 6.59. The second-order valence-electron chi connectivity index (χ2n) is 5.76. The Hall–Kier alpha value is 0.820. The molecule has 0 spiro atoms. The van der Waals surface area contributed by atoms with Gasteiger partial charge in [-0.05, 0) is 19.3 Å². The number of carboxylic acid groups (broad SMARTS) is 1. The largest absolute Gasteiger partial charge is 0.481 e. The Morgan fingerprint density at radius 2 is 1.75 bits per heavy atom. The van der Waals surface area contributed by atoms with E-state index < -0.39 is 46.8 Å². The molecule has 118 valence electrons. The summed E-state index contributed by atoms with van der Waals surface area (Å²) in [7, 11) is -3.77. The minimum Gasteiger partial charge on any atom is -0.481 e. The van der Waals surface area contributed by atoms with E-state index in [-0.39, 0.29) is 0 Å². The van der Waals surface area contributed by atoms with E-state index in [1.54, 1.807) is 13.8 Å². The molecule has 0 bridgehead atoms. The number of rotatable bonds is 5. The summed E-state index contributed by atoms with van der Waals surface area (Å²) >= 11 is 9.80. The van der Waals surface area contributed by atoms with E-state index in [0.29, 0.717) is 0 Å². The molecule has 0 aliphatic heterocycles. The summed E-state index contributed by atoms with van der Waals surface area (Å²) in [6.07, 6.45) is -0.883. The molecule has 1 rings (SSSR count). The molecule has 0 saturated heterocycles. The molecule has 0 aromatic rings. The smallest absolute Gasteiger partial charge is 0.307 e. The zero-order chi connectivity index (χ0) is 16.1. The van der Waals surface area contributed by atoms with Gasteiger partial charge in [0, 0.05) is 5.92 Å². The molecular formula is C11H17Br3O5S. The molecule has 1 aliphatic carbocycles. The van der Waals surface area contributed by atoms with E-state index in [2.05, 4.69) is 47.8 Å². The Kier molecular flexibility index (Phi) is 5.46. The molecule has 0 heterocycles. The summed E-state index contributed by atoms with van der Waals surface area (Å²) in [6, 6.07) is 0. The number of hydrogen-bond acceptors (Lipinski definition) is 4. The molecule has 9 heteroatoms. The van der Waals surface area contributed by atoms with Gasteiger partial charge in [-0.25, -0.2) is 0 Å². The second-order valence-corrected chi connectivity index (χ2v) is 14.8. The maximum absolute atomic E-state index is 12.0. The van der Waals surface area contributed by atoms with E-state index in [0.717, 1.165) is 0 Å². The predicted octanol–water partition coefficient (Wildman–Crippen LogP) is 3.31. The SMILES string of the molecule is CC(C)S(=O)(=O)OC(C1C(C(=O)O)C1(C)C)C(Br)(Br)Br. The quantitative estimate of drug-likeness (QED) is 0.463. The molecule has 1 N–H and O–H groups in total. The highest BCUT2D eigenvalue weighted by molar-refractivity contribution is 9.39. The highest BCUT2D eigenvalue weighted by atomic mass is 80.0. The first kappa shape index (κ1) is 18.9. The topological polar surface area (TPSA) is 80.7 Å². The number of alkyl halides is 3. The first-order valence-corrected chi connectivity index (χ1v) is 9.79. The second kappa shape index (κ2) is 5.79. The fourth-order valence-electron chi connectivity index (χ4n) is 2.29. The third-order valence-electron chi connectivity index (χ3n) is 3.64. The van der Waals surface area contributed by atoms with Gasteiger partial charge < -0.3 is 5.11 Å². The highest BCUT2D eigenvalue weighted by Gasteiger charge is 2.68. The van der Waals surface area contributed by atoms with Crippen LogP contribution in [-0.4, -0.2) is 33.0 Å². The average Bonchev–Trinajstić information content (AvgIpc) is 2.75. The van der Waals surface area contributed by atoms with Crippen molar-refractivity contribution in [3.8, 4) is 0 Å². The number of carboxylic acids is 1. The molecule has 1 aliphatic rings. The Balaban J connectivity index is 3.10. The van der Waals surface area contributed by atoms with Crippen LogP contribution in [0.25, 0.3) is 0 Å². The van der Waals surface area contributed by atoms with Crippen molar-refractivity contribution >= 4 is 63.9 Å². The van der Waals surface area contributed by atoms with Crippen LogP contribution in [0.4, 0.5) is 0 Å². The summed E-state index contributed by atoms with van der Waals surface area (Å²) in [5.41, 5.74) is -0.538. The van der Waals surface area contributed by atoms with Crippen molar-refractivity contribution in [2.75, 3.05) is 0 Å². The van der Waals surface area contributed by atoms with E-state index >= 15 is 0 Å². The molecule has 1 saturated carbocycles. The summed E-state index contributed by atoms with van der Waals surface area (Å²) in [4.78, 5) is 11.3. The van der Waals surface area contributed by atoms with Crippen molar-refractivity contribution < 1.29 is 22.5 Å². The van der Waals surface area contributed by atoms with Crippen molar-refractivity contribution in [2.45, 2.75) is 41.2 Å². The molecule has 1 fully saturated rings. The zero-order valence-corrected chi connectivity index (χ0v) is 17.0. The lowest BCUT2D eigenvalue weighted by atomic mass is 10.1. The molecule has 0 amide bonds. The van der Waals surface area contributed by atoms with Gasteiger partial charge in [0.2, 0.25) is 0 Å². The lowest BCUT2D eigenvalue weighted by Crippen LogP contribution is -2.36. The fraction of sp³-hybridized carbons (Fsp3) is 0.909. The van der Waals surface area contributed by atoms with Crippen molar-refractivity contribution in [3.05, 3.63) is 0 Å². The first-order chi connectivity index (χ1) is 8.73. The van der Waals surface area contributed by atoms with Crippen LogP contribution in [-0.2, 0) is 19.1 Å². The van der Waals surface area contributed by atoms with Crippen LogP contribution >= 0.6 is 47.8 Å². The minimum atomic E-state index is -3.77. The van der Waals surface area contributed by atoms with Crippen molar-refractivity contribution in [1.82, 2.24) is 0 Å². The van der Waals surface area contributed by atoms with Gasteiger partial charge in [0.1, 0.15) is 6.10 Å². The number of carbonyl (C=O) groups is 1. The third-order valence-corrected chi connectivity index (χ3v) is 6.62. The summed E-state index contributed by atoms with van der Waals surface area (Å²) in [5, 5.41) is 8.53. The van der Waals surface area contributed by atoms with Gasteiger partial charge in [-0.15, -0.1) is 0 Å². The normalized spacial score (nSPS) is 27.4. The van der Waals surface area contributed by atoms with E-state index in [4.69, 9.17) is 4.18 Å². The van der Waals surface area contributed by atoms with Crippen molar-refractivity contribution in [3.63, 3.8) is 0 Å². The van der Waals surface area contributed by atoms with Gasteiger partial charge in [0.25, 0.3) is 10.1 Å². The highest BCUT2D eigenvalue weighted by Crippen LogP contribution is 2.64. The van der Waals surface area contributed by atoms with Gasteiger partial charge in [-0.2, -0.15) is 8.42 Å². The Labute approximate surface area is 144 Å². The number of hydrogen-bond donors (Lipinski definition) is 1. The summed E-state index contributed by atoms with van der Waals surface area (Å²) in [5.74, 6) is -2.04. The van der Waals surface area contributed by atoms with Crippen LogP contribution in [0.1, 0.15) is 27.7 Å². The standard InChI is InChI=1S/C11H17Br3O5S/c1-5(2)20(17,18)19-8(11(12,13)14)6-7(9(15)16)10(6,3)4/h5-8H,1-4H3,(H,15,16). The lowest BCUT2D eigenvalue weighted by molar-refractivity contribution is -0.139. The van der Waals surface area contributed by atoms with Crippen LogP contribution in [0.3, 0.4) is 0 Å². The van der Waals surface area contributed by atoms with E-state index in [1.807, 2.05) is 0 Å². The lowest BCUT2D eigenvalue weighted by Gasteiger charge is -2.27. The predicted molar refractivity (Wildman–Crippen MR) is 86.8 cm³/mol. The number of aliphatic carboxylic acids is 1. The molecule has 5 nitrogen and oxygen atoms in total. The van der Waals surface area contributed by atoms with Gasteiger partial charge in [-0.3, -0.25) is 8.98 Å². The van der Waals surface area contributed by atoms with E-state index in [1.165, 1.54) is 13.8 Å². The third kappa shape index (κ3) is 3.77. The average molecular weight is 501 g/mol. The van der Waals surface area contributed by atoms with Gasteiger partial charge >= 0.3 is 5.97 Å². The Bertz CT molecular complexity index is 495. The van der Waals surface area contributed by atoms with Crippen LogP contribution in [0.2, 0.25) is 0 Å². The molecular weight excluding hydrogens is 484 g/mol. The molecule has 20 heavy (non-hydrogen) atoms. The van der Waals surface area contributed by atoms with Gasteiger partial charge in [0.15, 0.2) is 2.14 Å². The monoisotopic (exact) mass is 498 g/mol. The maximum atomic E-state index is 12.0. The molecule has 3 atom stereocenters. The van der Waals surface area contributed by atoms with Crippen LogP contribution in [0, 0.1) is 17.3 Å². The molecule has 0 aromatic heterocycles. The zero-order valence-electron chi connectivity index (χ0n) is 11.4. The molecule has 0 radical (unpaired) electrons. The maximum Gasteiger partial charge on any atom is 0.307 e. The first-order valence-electron chi connectivity index (χ1n) is 5.94. The fourth-order valence-corrected chi connectivity index (χ4v) is 4.57. The minimum absolute atomic E-state index is 0.438. The molecule has 0 aromatic carbocycles. The number of halogens is 3. The van der Waals surface area contributed by atoms with Gasteiger partial charge in [0.05, 0.1) is 11.2 Å². The Morgan fingerprint density at radius 3 is 2.00 bits per heavy atom. The van der Waals surface area contributed by atoms with E-state index in [9.17, 15) is 18.3 Å². The van der Waals surface area contributed by atoms with Crippen LogP contribution in [0.15, 0.2) is 0 Å².